The maximum absolute atomic E-state index is 12.6. The van der Waals surface area contributed by atoms with Crippen LogP contribution in [-0.4, -0.2) is 37.0 Å². The Hall–Kier alpha value is -2.08. The van der Waals surface area contributed by atoms with E-state index >= 15 is 0 Å². The van der Waals surface area contributed by atoms with Gasteiger partial charge in [0, 0.05) is 6.54 Å². The number of carbonyl (C=O) groups excluding carboxylic acids is 2. The number of hydrogen-bond acceptors (Lipinski definition) is 4. The number of benzene rings is 1. The normalized spacial score (nSPS) is 21.6. The molecule has 1 heterocycles. The maximum atomic E-state index is 12.6. The van der Waals surface area contributed by atoms with Crippen LogP contribution in [0.15, 0.2) is 24.3 Å². The van der Waals surface area contributed by atoms with Gasteiger partial charge in [-0.1, -0.05) is 12.1 Å². The van der Waals surface area contributed by atoms with E-state index < -0.39 is 5.54 Å². The van der Waals surface area contributed by atoms with Crippen molar-refractivity contribution >= 4 is 11.9 Å². The second-order valence-electron chi connectivity index (χ2n) is 5.24. The summed E-state index contributed by atoms with van der Waals surface area (Å²) in [6.07, 6.45) is 1.50. The Morgan fingerprint density at radius 2 is 1.90 bits per heavy atom. The number of amides is 3. The second kappa shape index (κ2) is 6.13. The summed E-state index contributed by atoms with van der Waals surface area (Å²) in [6.45, 7) is 2.67. The van der Waals surface area contributed by atoms with Gasteiger partial charge in [0.15, 0.2) is 0 Å². The molecule has 1 unspecified atom stereocenters. The zero-order valence-corrected chi connectivity index (χ0v) is 12.4. The van der Waals surface area contributed by atoms with Crippen molar-refractivity contribution in [3.63, 3.8) is 0 Å². The lowest BCUT2D eigenvalue weighted by molar-refractivity contribution is -0.131. The Bertz CT molecular complexity index is 529. The third-order valence-corrected chi connectivity index (χ3v) is 3.78. The fraction of sp³-hybridized carbons (Fsp3) is 0.467. The van der Waals surface area contributed by atoms with E-state index in [9.17, 15) is 9.59 Å². The van der Waals surface area contributed by atoms with Gasteiger partial charge in [0.05, 0.1) is 7.11 Å². The van der Waals surface area contributed by atoms with Gasteiger partial charge in [0.1, 0.15) is 11.3 Å². The van der Waals surface area contributed by atoms with Gasteiger partial charge in [-0.15, -0.1) is 0 Å². The molecule has 0 aromatic heterocycles. The minimum atomic E-state index is -1.02. The summed E-state index contributed by atoms with van der Waals surface area (Å²) in [5.41, 5.74) is 5.16. The molecule has 6 heteroatoms. The molecule has 114 valence electrons. The molecular formula is C15H21N3O3. The molecular weight excluding hydrogens is 270 g/mol. The molecule has 0 saturated carbocycles. The van der Waals surface area contributed by atoms with E-state index in [0.29, 0.717) is 25.3 Å². The number of imide groups is 1. The Kier molecular flexibility index (Phi) is 4.47. The zero-order chi connectivity index (χ0) is 15.5. The Labute approximate surface area is 124 Å². The number of urea groups is 1. The van der Waals surface area contributed by atoms with Gasteiger partial charge in [-0.2, -0.15) is 0 Å². The van der Waals surface area contributed by atoms with Crippen molar-refractivity contribution in [2.45, 2.75) is 25.3 Å². The predicted octanol–water partition coefficient (Wildman–Crippen LogP) is 1.20. The summed E-state index contributed by atoms with van der Waals surface area (Å²) >= 11 is 0. The Morgan fingerprint density at radius 1 is 1.24 bits per heavy atom. The fourth-order valence-electron chi connectivity index (χ4n) is 2.43. The first kappa shape index (κ1) is 15.3. The van der Waals surface area contributed by atoms with E-state index in [-0.39, 0.29) is 11.9 Å². The van der Waals surface area contributed by atoms with Crippen LogP contribution in [-0.2, 0) is 10.3 Å². The van der Waals surface area contributed by atoms with E-state index in [2.05, 4.69) is 5.32 Å². The van der Waals surface area contributed by atoms with Gasteiger partial charge in [0.2, 0.25) is 0 Å². The van der Waals surface area contributed by atoms with Gasteiger partial charge in [-0.05, 0) is 44.0 Å². The van der Waals surface area contributed by atoms with Crippen LogP contribution in [0.25, 0.3) is 0 Å². The highest BCUT2D eigenvalue weighted by atomic mass is 16.5. The van der Waals surface area contributed by atoms with E-state index in [1.807, 2.05) is 0 Å². The van der Waals surface area contributed by atoms with Crippen molar-refractivity contribution in [2.75, 3.05) is 20.2 Å². The van der Waals surface area contributed by atoms with Crippen LogP contribution in [0.2, 0.25) is 0 Å². The standard InChI is InChI=1S/C15H21N3O3/c1-15(11-5-7-12(21-2)8-6-11)13(19)18(14(20)17-15)10-4-3-9-16/h5-8H,3-4,9-10,16H2,1-2H3,(H,17,20). The summed E-state index contributed by atoms with van der Waals surface area (Å²) in [7, 11) is 1.58. The van der Waals surface area contributed by atoms with Crippen LogP contribution in [0.5, 0.6) is 5.75 Å². The van der Waals surface area contributed by atoms with Crippen LogP contribution in [0, 0.1) is 0 Å². The highest BCUT2D eigenvalue weighted by molar-refractivity contribution is 6.07. The van der Waals surface area contributed by atoms with Crippen molar-refractivity contribution in [1.82, 2.24) is 10.2 Å². The second-order valence-corrected chi connectivity index (χ2v) is 5.24. The number of carbonyl (C=O) groups is 2. The highest BCUT2D eigenvalue weighted by Gasteiger charge is 2.48. The van der Waals surface area contributed by atoms with Crippen LogP contribution in [0.4, 0.5) is 4.79 Å². The largest absolute Gasteiger partial charge is 0.497 e. The minimum Gasteiger partial charge on any atom is -0.497 e. The van der Waals surface area contributed by atoms with Gasteiger partial charge >= 0.3 is 6.03 Å². The average molecular weight is 291 g/mol. The molecule has 0 spiro atoms. The molecule has 1 aromatic carbocycles. The van der Waals surface area contributed by atoms with Crippen LogP contribution < -0.4 is 15.8 Å². The molecule has 0 aliphatic carbocycles. The first-order chi connectivity index (χ1) is 10.0. The fourth-order valence-corrected chi connectivity index (χ4v) is 2.43. The topological polar surface area (TPSA) is 84.7 Å². The van der Waals surface area contributed by atoms with Crippen LogP contribution in [0.1, 0.15) is 25.3 Å². The monoisotopic (exact) mass is 291 g/mol. The van der Waals surface area contributed by atoms with E-state index in [1.54, 1.807) is 38.3 Å². The number of hydrogen-bond donors (Lipinski definition) is 2. The van der Waals surface area contributed by atoms with E-state index in [4.69, 9.17) is 10.5 Å². The number of methoxy groups -OCH3 is 1. The summed E-state index contributed by atoms with van der Waals surface area (Å²) in [6, 6.07) is 6.78. The molecule has 0 radical (unpaired) electrons. The molecule has 1 fully saturated rings. The summed E-state index contributed by atoms with van der Waals surface area (Å²) < 4.78 is 5.10. The molecule has 1 aromatic rings. The predicted molar refractivity (Wildman–Crippen MR) is 78.9 cm³/mol. The van der Waals surface area contributed by atoms with Gasteiger partial charge < -0.3 is 15.8 Å². The SMILES string of the molecule is COc1ccc(C2(C)NC(=O)N(CCCCN)C2=O)cc1. The summed E-state index contributed by atoms with van der Waals surface area (Å²) in [5, 5.41) is 2.78. The number of nitrogens with one attached hydrogen (secondary N) is 1. The van der Waals surface area contributed by atoms with Crippen LogP contribution in [0.3, 0.4) is 0 Å². The molecule has 6 nitrogen and oxygen atoms in total. The average Bonchev–Trinajstić information content (AvgIpc) is 2.71. The third-order valence-electron chi connectivity index (χ3n) is 3.78. The molecule has 0 bridgehead atoms. The van der Waals surface area contributed by atoms with Crippen molar-refractivity contribution in [1.29, 1.82) is 0 Å². The van der Waals surface area contributed by atoms with Crippen molar-refractivity contribution in [2.24, 2.45) is 5.73 Å². The molecule has 3 amide bonds. The highest BCUT2D eigenvalue weighted by Crippen LogP contribution is 2.30. The molecule has 1 aliphatic rings. The number of ether oxygens (including phenoxy) is 1. The van der Waals surface area contributed by atoms with Crippen LogP contribution >= 0.6 is 0 Å². The lowest BCUT2D eigenvalue weighted by Gasteiger charge is -2.22. The molecule has 2 rings (SSSR count). The first-order valence-electron chi connectivity index (χ1n) is 7.01. The smallest absolute Gasteiger partial charge is 0.325 e. The lowest BCUT2D eigenvalue weighted by Crippen LogP contribution is -2.41. The van der Waals surface area contributed by atoms with Gasteiger partial charge in [-0.3, -0.25) is 9.69 Å². The number of nitrogens with zero attached hydrogens (tertiary/aromatic N) is 1. The minimum absolute atomic E-state index is 0.227. The molecule has 1 atom stereocenters. The Balaban J connectivity index is 2.18. The van der Waals surface area contributed by atoms with Crippen molar-refractivity contribution < 1.29 is 14.3 Å². The molecule has 1 saturated heterocycles. The number of nitrogens with two attached hydrogens (primary N) is 1. The van der Waals surface area contributed by atoms with Gasteiger partial charge in [0.25, 0.3) is 5.91 Å². The number of rotatable bonds is 6. The van der Waals surface area contributed by atoms with Crippen molar-refractivity contribution in [3.05, 3.63) is 29.8 Å². The van der Waals surface area contributed by atoms with Crippen molar-refractivity contribution in [3.8, 4) is 5.75 Å². The molecule has 1 aliphatic heterocycles. The summed E-state index contributed by atoms with van der Waals surface area (Å²) in [5.74, 6) is 0.480. The first-order valence-corrected chi connectivity index (χ1v) is 7.01. The van der Waals surface area contributed by atoms with E-state index in [1.165, 1.54) is 4.90 Å². The third kappa shape index (κ3) is 2.85. The lowest BCUT2D eigenvalue weighted by atomic mass is 9.92. The number of unbranched alkanes of at least 4 members (excludes halogenated alkanes) is 1. The molecule has 3 N–H and O–H groups in total. The maximum Gasteiger partial charge on any atom is 0.325 e. The van der Waals surface area contributed by atoms with Gasteiger partial charge in [-0.25, -0.2) is 4.79 Å². The zero-order valence-electron chi connectivity index (χ0n) is 12.4. The van der Waals surface area contributed by atoms with E-state index in [0.717, 1.165) is 12.0 Å². The Morgan fingerprint density at radius 3 is 2.48 bits per heavy atom. The quantitative estimate of drug-likeness (QED) is 0.609. The molecule has 21 heavy (non-hydrogen) atoms. The summed E-state index contributed by atoms with van der Waals surface area (Å²) in [4.78, 5) is 25.9.